The predicted octanol–water partition coefficient (Wildman–Crippen LogP) is 4.50. The Labute approximate surface area is 157 Å². The van der Waals surface area contributed by atoms with Gasteiger partial charge in [0.15, 0.2) is 0 Å². The van der Waals surface area contributed by atoms with E-state index >= 15 is 0 Å². The fourth-order valence-electron chi connectivity index (χ4n) is 3.82. The van der Waals surface area contributed by atoms with Crippen molar-refractivity contribution in [2.45, 2.75) is 24.8 Å². The molecule has 0 radical (unpaired) electrons. The first-order valence-corrected chi connectivity index (χ1v) is 10.6. The molecule has 1 aliphatic heterocycles. The predicted molar refractivity (Wildman–Crippen MR) is 110 cm³/mol. The summed E-state index contributed by atoms with van der Waals surface area (Å²) in [6.45, 7) is 5.14. The van der Waals surface area contributed by atoms with E-state index in [0.29, 0.717) is 0 Å². The van der Waals surface area contributed by atoms with Crippen molar-refractivity contribution in [3.63, 3.8) is 0 Å². The van der Waals surface area contributed by atoms with Crippen LogP contribution < -0.4 is 0 Å². The highest BCUT2D eigenvalue weighted by Crippen LogP contribution is 2.32. The van der Waals surface area contributed by atoms with E-state index in [9.17, 15) is 4.21 Å². The lowest BCUT2D eigenvalue weighted by molar-refractivity contribution is 0.294. The topological polar surface area (TPSA) is 36.1 Å². The molecule has 134 valence electrons. The van der Waals surface area contributed by atoms with Crippen molar-refractivity contribution in [2.24, 2.45) is 0 Å². The molecule has 1 aliphatic rings. The molecule has 4 heteroatoms. The molecule has 1 unspecified atom stereocenters. The van der Waals surface area contributed by atoms with Crippen LogP contribution in [0.1, 0.15) is 23.2 Å². The standard InChI is InChI=1S/C22H24N2OS/c1-16-22(20-5-3-4-6-21(20)23-16)18-11-13-24(14-12-18)15-17-7-9-19(10-8-17)26(2)25/h3-11,23H,12-15H2,1-2H3. The molecule has 26 heavy (non-hydrogen) atoms. The van der Waals surface area contributed by atoms with Crippen LogP contribution in [0.15, 0.2) is 59.5 Å². The summed E-state index contributed by atoms with van der Waals surface area (Å²) < 4.78 is 11.5. The maximum Gasteiger partial charge on any atom is 0.0498 e. The normalized spacial score (nSPS) is 16.6. The summed E-state index contributed by atoms with van der Waals surface area (Å²) in [6, 6.07) is 16.7. The van der Waals surface area contributed by atoms with Gasteiger partial charge < -0.3 is 4.98 Å². The highest BCUT2D eigenvalue weighted by atomic mass is 32.2. The largest absolute Gasteiger partial charge is 0.358 e. The molecular formula is C22H24N2OS. The summed E-state index contributed by atoms with van der Waals surface area (Å²) >= 11 is 0. The zero-order valence-corrected chi connectivity index (χ0v) is 16.1. The van der Waals surface area contributed by atoms with Crippen LogP contribution in [0.3, 0.4) is 0 Å². The van der Waals surface area contributed by atoms with Crippen LogP contribution in [-0.4, -0.2) is 33.4 Å². The van der Waals surface area contributed by atoms with Crippen molar-refractivity contribution in [3.8, 4) is 0 Å². The van der Waals surface area contributed by atoms with Crippen LogP contribution in [0.4, 0.5) is 0 Å². The minimum atomic E-state index is -0.906. The lowest BCUT2D eigenvalue weighted by Gasteiger charge is -2.26. The molecule has 1 N–H and O–H groups in total. The third kappa shape index (κ3) is 3.39. The summed E-state index contributed by atoms with van der Waals surface area (Å²) in [5, 5.41) is 1.33. The van der Waals surface area contributed by atoms with Gasteiger partial charge in [0.05, 0.1) is 0 Å². The van der Waals surface area contributed by atoms with Gasteiger partial charge in [0.1, 0.15) is 0 Å². The first-order chi connectivity index (χ1) is 12.6. The van der Waals surface area contributed by atoms with Crippen molar-refractivity contribution in [1.29, 1.82) is 0 Å². The quantitative estimate of drug-likeness (QED) is 0.740. The Hall–Kier alpha value is -2.17. The molecule has 0 spiro atoms. The van der Waals surface area contributed by atoms with Gasteiger partial charge in [-0.05, 0) is 42.7 Å². The van der Waals surface area contributed by atoms with Crippen LogP contribution in [0, 0.1) is 6.92 Å². The number of nitrogens with one attached hydrogen (secondary N) is 1. The van der Waals surface area contributed by atoms with Gasteiger partial charge in [-0.15, -0.1) is 0 Å². The minimum absolute atomic E-state index is 0.893. The van der Waals surface area contributed by atoms with Crippen LogP contribution in [-0.2, 0) is 17.3 Å². The lowest BCUT2D eigenvalue weighted by atomic mass is 9.96. The average Bonchev–Trinajstić information content (AvgIpc) is 2.99. The van der Waals surface area contributed by atoms with E-state index in [1.54, 1.807) is 6.26 Å². The lowest BCUT2D eigenvalue weighted by Crippen LogP contribution is -2.28. The van der Waals surface area contributed by atoms with Crippen LogP contribution in [0.25, 0.3) is 16.5 Å². The van der Waals surface area contributed by atoms with E-state index in [2.05, 4.69) is 59.3 Å². The molecule has 1 aromatic heterocycles. The van der Waals surface area contributed by atoms with E-state index < -0.39 is 10.8 Å². The Bertz CT molecular complexity index is 985. The summed E-state index contributed by atoms with van der Waals surface area (Å²) in [6.07, 6.45) is 5.17. The van der Waals surface area contributed by atoms with Gasteiger partial charge in [0.2, 0.25) is 0 Å². The summed E-state index contributed by atoms with van der Waals surface area (Å²) in [7, 11) is -0.906. The maximum atomic E-state index is 11.5. The second kappa shape index (κ2) is 7.22. The Morgan fingerprint density at radius 3 is 2.58 bits per heavy atom. The van der Waals surface area contributed by atoms with E-state index in [1.807, 2.05) is 12.1 Å². The highest BCUT2D eigenvalue weighted by molar-refractivity contribution is 7.84. The average molecular weight is 365 g/mol. The molecule has 0 aliphatic carbocycles. The number of rotatable bonds is 4. The van der Waals surface area contributed by atoms with E-state index in [0.717, 1.165) is 31.0 Å². The number of nitrogens with zero attached hydrogens (tertiary/aromatic N) is 1. The molecule has 4 rings (SSSR count). The molecule has 2 heterocycles. The number of H-pyrrole nitrogens is 1. The third-order valence-corrected chi connectivity index (χ3v) is 6.11. The maximum absolute atomic E-state index is 11.5. The Balaban J connectivity index is 1.49. The number of benzene rings is 2. The van der Waals surface area contributed by atoms with Crippen molar-refractivity contribution in [2.75, 3.05) is 19.3 Å². The second-order valence-electron chi connectivity index (χ2n) is 6.98. The van der Waals surface area contributed by atoms with Crippen LogP contribution in [0.2, 0.25) is 0 Å². The van der Waals surface area contributed by atoms with Gasteiger partial charge in [-0.25, -0.2) is 0 Å². The van der Waals surface area contributed by atoms with Crippen molar-refractivity contribution in [1.82, 2.24) is 9.88 Å². The number of aryl methyl sites for hydroxylation is 1. The van der Waals surface area contributed by atoms with E-state index in [4.69, 9.17) is 0 Å². The molecule has 0 saturated carbocycles. The molecular weight excluding hydrogens is 340 g/mol. The number of aromatic amines is 1. The monoisotopic (exact) mass is 364 g/mol. The summed E-state index contributed by atoms with van der Waals surface area (Å²) in [4.78, 5) is 6.87. The summed E-state index contributed by atoms with van der Waals surface area (Å²) in [5.74, 6) is 0. The van der Waals surface area contributed by atoms with Crippen molar-refractivity contribution in [3.05, 3.63) is 71.4 Å². The first kappa shape index (κ1) is 17.3. The molecule has 3 nitrogen and oxygen atoms in total. The van der Waals surface area contributed by atoms with Gasteiger partial charge in [0.25, 0.3) is 0 Å². The molecule has 0 amide bonds. The smallest absolute Gasteiger partial charge is 0.0498 e. The second-order valence-corrected chi connectivity index (χ2v) is 8.36. The Morgan fingerprint density at radius 1 is 1.12 bits per heavy atom. The molecule has 1 atom stereocenters. The van der Waals surface area contributed by atoms with E-state index in [1.165, 1.54) is 33.3 Å². The zero-order valence-electron chi connectivity index (χ0n) is 15.3. The number of fused-ring (bicyclic) bond motifs is 1. The van der Waals surface area contributed by atoms with Crippen molar-refractivity contribution < 1.29 is 4.21 Å². The fourth-order valence-corrected chi connectivity index (χ4v) is 4.34. The number of para-hydroxylation sites is 1. The minimum Gasteiger partial charge on any atom is -0.358 e. The fraction of sp³-hybridized carbons (Fsp3) is 0.273. The SMILES string of the molecule is Cc1[nH]c2ccccc2c1C1=CCN(Cc2ccc(S(C)=O)cc2)CC1. The van der Waals surface area contributed by atoms with Crippen LogP contribution in [0.5, 0.6) is 0 Å². The number of hydrogen-bond donors (Lipinski definition) is 1. The molecule has 0 fully saturated rings. The van der Waals surface area contributed by atoms with Gasteiger partial charge in [-0.1, -0.05) is 36.4 Å². The van der Waals surface area contributed by atoms with Gasteiger partial charge >= 0.3 is 0 Å². The highest BCUT2D eigenvalue weighted by Gasteiger charge is 2.17. The van der Waals surface area contributed by atoms with Crippen molar-refractivity contribution >= 4 is 27.3 Å². The molecule has 0 saturated heterocycles. The molecule has 2 aromatic carbocycles. The van der Waals surface area contributed by atoms with Crippen LogP contribution >= 0.6 is 0 Å². The number of hydrogen-bond acceptors (Lipinski definition) is 2. The molecule has 0 bridgehead atoms. The van der Waals surface area contributed by atoms with Gasteiger partial charge in [0, 0.05) is 63.7 Å². The Morgan fingerprint density at radius 2 is 1.88 bits per heavy atom. The first-order valence-electron chi connectivity index (χ1n) is 9.03. The van der Waals surface area contributed by atoms with Gasteiger partial charge in [-0.2, -0.15) is 0 Å². The number of aromatic nitrogens is 1. The molecule has 3 aromatic rings. The van der Waals surface area contributed by atoms with E-state index in [-0.39, 0.29) is 0 Å². The third-order valence-electron chi connectivity index (χ3n) is 5.17. The van der Waals surface area contributed by atoms with Gasteiger partial charge in [-0.3, -0.25) is 9.11 Å². The Kier molecular flexibility index (Phi) is 4.79. The summed E-state index contributed by atoms with van der Waals surface area (Å²) in [5.41, 5.74) is 6.59. The zero-order chi connectivity index (χ0) is 18.1.